The van der Waals surface area contributed by atoms with Crippen molar-refractivity contribution in [3.63, 3.8) is 0 Å². The number of imidazole rings is 1. The molecule has 5 rings (SSSR count). The molecule has 0 spiro atoms. The molecule has 0 radical (unpaired) electrons. The predicted molar refractivity (Wildman–Crippen MR) is 118 cm³/mol. The van der Waals surface area contributed by atoms with Crippen LogP contribution in [0.4, 0.5) is 11.5 Å². The van der Waals surface area contributed by atoms with Crippen molar-refractivity contribution in [1.82, 2.24) is 14.6 Å². The van der Waals surface area contributed by atoms with Crippen molar-refractivity contribution in [1.29, 1.82) is 0 Å². The lowest BCUT2D eigenvalue weighted by Crippen LogP contribution is -2.13. The molecule has 0 atom stereocenters. The largest absolute Gasteiger partial charge is 0.438 e. The zero-order valence-electron chi connectivity index (χ0n) is 16.7. The van der Waals surface area contributed by atoms with Crippen molar-refractivity contribution >= 4 is 40.3 Å². The minimum atomic E-state index is -0.197. The van der Waals surface area contributed by atoms with Gasteiger partial charge in [0.15, 0.2) is 11.5 Å². The molecule has 0 unspecified atom stereocenters. The summed E-state index contributed by atoms with van der Waals surface area (Å²) in [5, 5.41) is 12.0. The molecule has 1 saturated carbocycles. The van der Waals surface area contributed by atoms with E-state index in [4.69, 9.17) is 4.74 Å². The summed E-state index contributed by atoms with van der Waals surface area (Å²) in [6.45, 7) is 1.90. The van der Waals surface area contributed by atoms with Gasteiger partial charge in [0.05, 0.1) is 11.1 Å². The minimum absolute atomic E-state index is 0.0439. The molecular formula is C22H19N5O3S. The molecule has 3 heterocycles. The second-order valence-electron chi connectivity index (χ2n) is 7.38. The number of amides is 2. The van der Waals surface area contributed by atoms with Crippen molar-refractivity contribution in [2.24, 2.45) is 5.92 Å². The predicted octanol–water partition coefficient (Wildman–Crippen LogP) is 4.49. The summed E-state index contributed by atoms with van der Waals surface area (Å²) in [4.78, 5) is 29.4. The summed E-state index contributed by atoms with van der Waals surface area (Å²) in [6, 6.07) is 12.6. The summed E-state index contributed by atoms with van der Waals surface area (Å²) in [5.74, 6) is 1.31. The highest BCUT2D eigenvalue weighted by Crippen LogP contribution is 2.31. The Labute approximate surface area is 181 Å². The molecule has 9 heteroatoms. The van der Waals surface area contributed by atoms with Crippen LogP contribution in [0.2, 0.25) is 0 Å². The highest BCUT2D eigenvalue weighted by molar-refractivity contribution is 7.12. The smallest absolute Gasteiger partial charge is 0.267 e. The highest BCUT2D eigenvalue weighted by Gasteiger charge is 2.29. The van der Waals surface area contributed by atoms with Crippen LogP contribution >= 0.6 is 11.3 Å². The number of rotatable bonds is 6. The molecule has 2 amide bonds. The van der Waals surface area contributed by atoms with E-state index < -0.39 is 0 Å². The molecule has 0 aliphatic heterocycles. The van der Waals surface area contributed by atoms with Gasteiger partial charge < -0.3 is 15.4 Å². The van der Waals surface area contributed by atoms with Crippen LogP contribution in [-0.4, -0.2) is 26.4 Å². The monoisotopic (exact) mass is 433 g/mol. The molecule has 1 fully saturated rings. The van der Waals surface area contributed by atoms with Gasteiger partial charge >= 0.3 is 0 Å². The summed E-state index contributed by atoms with van der Waals surface area (Å²) < 4.78 is 7.40. The van der Waals surface area contributed by atoms with Gasteiger partial charge in [0.2, 0.25) is 11.8 Å². The minimum Gasteiger partial charge on any atom is -0.438 e. The average Bonchev–Trinajstić information content (AvgIpc) is 3.39. The van der Waals surface area contributed by atoms with Gasteiger partial charge in [0.1, 0.15) is 5.75 Å². The number of carbonyl (C=O) groups excluding carboxylic acids is 2. The molecule has 1 aliphatic carbocycles. The normalized spacial score (nSPS) is 13.2. The number of carbonyl (C=O) groups is 2. The van der Waals surface area contributed by atoms with Crippen LogP contribution in [-0.2, 0) is 4.79 Å². The van der Waals surface area contributed by atoms with Gasteiger partial charge in [-0.3, -0.25) is 9.59 Å². The first-order valence-electron chi connectivity index (χ1n) is 9.86. The first kappa shape index (κ1) is 19.3. The lowest BCUT2D eigenvalue weighted by Gasteiger charge is -2.08. The molecule has 0 saturated heterocycles. The maximum absolute atomic E-state index is 12.4. The Bertz CT molecular complexity index is 1290. The van der Waals surface area contributed by atoms with E-state index >= 15 is 0 Å². The fourth-order valence-electron chi connectivity index (χ4n) is 3.11. The molecule has 3 aromatic heterocycles. The van der Waals surface area contributed by atoms with Gasteiger partial charge in [0.25, 0.3) is 5.91 Å². The number of aryl methyl sites for hydroxylation is 1. The maximum Gasteiger partial charge on any atom is 0.267 e. The maximum atomic E-state index is 12.4. The fraction of sp³-hybridized carbons (Fsp3) is 0.182. The van der Waals surface area contributed by atoms with E-state index in [0.717, 1.165) is 18.4 Å². The molecule has 8 nitrogen and oxygen atoms in total. The molecular weight excluding hydrogens is 414 g/mol. The second-order valence-corrected chi connectivity index (χ2v) is 8.30. The number of aromatic nitrogens is 3. The van der Waals surface area contributed by atoms with Gasteiger partial charge in [-0.25, -0.2) is 9.50 Å². The van der Waals surface area contributed by atoms with Gasteiger partial charge in [0, 0.05) is 23.7 Å². The van der Waals surface area contributed by atoms with Gasteiger partial charge in [-0.2, -0.15) is 0 Å². The number of fused-ring (bicyclic) bond motifs is 1. The van der Waals surface area contributed by atoms with Crippen LogP contribution < -0.4 is 15.4 Å². The second kappa shape index (κ2) is 7.84. The van der Waals surface area contributed by atoms with Crippen LogP contribution in [0.1, 0.15) is 28.1 Å². The Hall–Kier alpha value is -3.72. The number of anilines is 2. The molecule has 2 N–H and O–H groups in total. The van der Waals surface area contributed by atoms with Crippen molar-refractivity contribution in [2.75, 3.05) is 10.6 Å². The molecule has 4 aromatic rings. The molecule has 0 bridgehead atoms. The Morgan fingerprint density at radius 3 is 2.81 bits per heavy atom. The van der Waals surface area contributed by atoms with Crippen LogP contribution in [0.5, 0.6) is 11.6 Å². The lowest BCUT2D eigenvalue weighted by molar-refractivity contribution is -0.117. The van der Waals surface area contributed by atoms with E-state index in [2.05, 4.69) is 20.7 Å². The quantitative estimate of drug-likeness (QED) is 0.467. The number of nitrogens with one attached hydrogen (secondary N) is 2. The van der Waals surface area contributed by atoms with Crippen LogP contribution in [0.15, 0.2) is 54.0 Å². The van der Waals surface area contributed by atoms with Crippen molar-refractivity contribution < 1.29 is 14.3 Å². The number of nitrogens with zero attached hydrogens (tertiary/aromatic N) is 3. The van der Waals surface area contributed by atoms with Gasteiger partial charge in [-0.1, -0.05) is 6.07 Å². The average molecular weight is 433 g/mol. The van der Waals surface area contributed by atoms with Crippen LogP contribution in [0, 0.1) is 12.8 Å². The summed E-state index contributed by atoms with van der Waals surface area (Å²) >= 11 is 1.39. The Balaban J connectivity index is 1.30. The number of benzene rings is 1. The zero-order chi connectivity index (χ0) is 21.4. The van der Waals surface area contributed by atoms with E-state index in [1.54, 1.807) is 35.0 Å². The van der Waals surface area contributed by atoms with Crippen molar-refractivity contribution in [3.8, 4) is 11.6 Å². The zero-order valence-corrected chi connectivity index (χ0v) is 17.5. The summed E-state index contributed by atoms with van der Waals surface area (Å²) in [5.41, 5.74) is 2.19. The van der Waals surface area contributed by atoms with Gasteiger partial charge in [-0.15, -0.1) is 16.4 Å². The third-order valence-corrected chi connectivity index (χ3v) is 5.89. The number of ether oxygens (including phenoxy) is 1. The van der Waals surface area contributed by atoms with Crippen LogP contribution in [0.3, 0.4) is 0 Å². The van der Waals surface area contributed by atoms with E-state index in [-0.39, 0.29) is 17.7 Å². The first-order chi connectivity index (χ1) is 15.0. The molecule has 31 heavy (non-hydrogen) atoms. The van der Waals surface area contributed by atoms with E-state index in [1.165, 1.54) is 11.3 Å². The third-order valence-electron chi connectivity index (χ3n) is 4.88. The fourth-order valence-corrected chi connectivity index (χ4v) is 3.93. The number of hydrogen-bond donors (Lipinski definition) is 2. The van der Waals surface area contributed by atoms with E-state index in [1.807, 2.05) is 30.5 Å². The van der Waals surface area contributed by atoms with Crippen molar-refractivity contribution in [3.05, 3.63) is 64.5 Å². The summed E-state index contributed by atoms with van der Waals surface area (Å²) in [7, 11) is 0. The van der Waals surface area contributed by atoms with E-state index in [9.17, 15) is 9.59 Å². The van der Waals surface area contributed by atoms with Crippen molar-refractivity contribution in [2.45, 2.75) is 19.8 Å². The van der Waals surface area contributed by atoms with Gasteiger partial charge in [-0.05, 0) is 55.0 Å². The Kier molecular flexibility index (Phi) is 4.87. The number of thiophene rings is 1. The first-order valence-corrected chi connectivity index (χ1v) is 10.7. The number of hydrogen-bond acceptors (Lipinski definition) is 6. The third kappa shape index (κ3) is 4.26. The van der Waals surface area contributed by atoms with E-state index in [0.29, 0.717) is 33.7 Å². The standard InChI is InChI=1S/C22H19N5O3S/c1-13-9-10-31-20(13)22(29)25-17-12-27-18(24-17)7-8-19(26-27)30-16-4-2-3-15(11-16)23-21(28)14-5-6-14/h2-4,7-12,14H,5-6H2,1H3,(H,23,28)(H,25,29). The Morgan fingerprint density at radius 1 is 1.16 bits per heavy atom. The topological polar surface area (TPSA) is 97.6 Å². The Morgan fingerprint density at radius 2 is 2.03 bits per heavy atom. The van der Waals surface area contributed by atoms with Crippen LogP contribution in [0.25, 0.3) is 5.65 Å². The molecule has 1 aliphatic rings. The molecule has 156 valence electrons. The SMILES string of the molecule is Cc1ccsc1C(=O)Nc1cn2nc(Oc3cccc(NC(=O)C4CC4)c3)ccc2n1. The highest BCUT2D eigenvalue weighted by atomic mass is 32.1. The summed E-state index contributed by atoms with van der Waals surface area (Å²) in [6.07, 6.45) is 3.54. The lowest BCUT2D eigenvalue weighted by atomic mass is 10.3. The molecule has 1 aromatic carbocycles.